The van der Waals surface area contributed by atoms with Crippen LogP contribution in [0.1, 0.15) is 85.4 Å². The van der Waals surface area contributed by atoms with Crippen LogP contribution in [0.15, 0.2) is 24.3 Å². The lowest BCUT2D eigenvalue weighted by atomic mass is 9.94. The molecule has 3 unspecified atom stereocenters. The van der Waals surface area contributed by atoms with Gasteiger partial charge in [0.1, 0.15) is 17.7 Å². The van der Waals surface area contributed by atoms with E-state index in [0.717, 1.165) is 0 Å². The summed E-state index contributed by atoms with van der Waals surface area (Å²) < 4.78 is 5.43. The van der Waals surface area contributed by atoms with Crippen molar-refractivity contribution in [1.82, 2.24) is 15.5 Å². The summed E-state index contributed by atoms with van der Waals surface area (Å²) in [7, 11) is 0. The van der Waals surface area contributed by atoms with Gasteiger partial charge in [0.2, 0.25) is 11.8 Å². The van der Waals surface area contributed by atoms with Gasteiger partial charge in [-0.2, -0.15) is 11.8 Å². The highest BCUT2D eigenvalue weighted by Gasteiger charge is 2.40. The van der Waals surface area contributed by atoms with E-state index in [9.17, 15) is 14.4 Å². The summed E-state index contributed by atoms with van der Waals surface area (Å²) in [5.41, 5.74) is -0.142. The quantitative estimate of drug-likeness (QED) is 0.431. The number of hydrogen-bond donors (Lipinski definition) is 2. The van der Waals surface area contributed by atoms with E-state index in [4.69, 9.17) is 11.2 Å². The van der Waals surface area contributed by atoms with E-state index in [1.807, 2.05) is 40.9 Å². The van der Waals surface area contributed by atoms with Crippen molar-refractivity contribution >= 4 is 29.7 Å². The molecule has 1 aromatic carbocycles. The zero-order valence-electron chi connectivity index (χ0n) is 23.2. The van der Waals surface area contributed by atoms with Crippen LogP contribution in [0.2, 0.25) is 0 Å². The molecule has 2 N–H and O–H groups in total. The van der Waals surface area contributed by atoms with Gasteiger partial charge in [-0.05, 0) is 84.9 Å². The minimum Gasteiger partial charge on any atom is -0.444 e. The molecule has 200 valence electrons. The van der Waals surface area contributed by atoms with Gasteiger partial charge in [0.15, 0.2) is 0 Å². The van der Waals surface area contributed by atoms with E-state index in [2.05, 4.69) is 16.6 Å². The van der Waals surface area contributed by atoms with E-state index >= 15 is 0 Å². The summed E-state index contributed by atoms with van der Waals surface area (Å²) in [6, 6.07) is 4.99. The number of alkyl carbamates (subject to hydrolysis) is 1. The Morgan fingerprint density at radius 1 is 1.14 bits per heavy atom. The number of nitrogens with one attached hydrogen (secondary N) is 2. The van der Waals surface area contributed by atoms with Gasteiger partial charge in [0.05, 0.1) is 0 Å². The van der Waals surface area contributed by atoms with Crippen molar-refractivity contribution in [2.45, 2.75) is 97.5 Å². The number of terminal acetylenes is 1. The van der Waals surface area contributed by atoms with Crippen LogP contribution in [0.25, 0.3) is 0 Å². The molecule has 0 aliphatic carbocycles. The Kier molecular flexibility index (Phi) is 11.8. The lowest BCUT2D eigenvalue weighted by Gasteiger charge is -2.39. The van der Waals surface area contributed by atoms with Crippen molar-refractivity contribution in [3.8, 4) is 12.3 Å². The second-order valence-electron chi connectivity index (χ2n) is 10.9. The van der Waals surface area contributed by atoms with E-state index in [1.165, 1.54) is 0 Å². The molecule has 0 fully saturated rings. The molecule has 1 aromatic rings. The molecular formula is C28H43N3O4S. The SMILES string of the molecule is C#Cc1ccccc1C(C(=O)NC(C)(C)C)N(C(=O)C(CCSC)NC(=O)OC(C)(C)C)C(C)CC. The number of nitrogens with zero attached hydrogens (tertiary/aromatic N) is 1. The predicted molar refractivity (Wildman–Crippen MR) is 148 cm³/mol. The standard InChI is InChI=1S/C28H43N3O4S/c1-11-19(3)31(25(33)22(17-18-36-10)29-26(34)35-28(7,8)9)23(24(32)30-27(4,5)6)21-16-14-13-15-20(21)12-2/h2,13-16,19,22-23H,11,17-18H2,1,3-10H3,(H,29,34)(H,30,32). The van der Waals surface area contributed by atoms with Crippen LogP contribution in [0.5, 0.6) is 0 Å². The molecule has 3 amide bonds. The van der Waals surface area contributed by atoms with Crippen LogP contribution in [0, 0.1) is 12.3 Å². The molecule has 0 saturated carbocycles. The lowest BCUT2D eigenvalue weighted by Crippen LogP contribution is -2.57. The van der Waals surface area contributed by atoms with Gasteiger partial charge >= 0.3 is 6.09 Å². The first-order valence-electron chi connectivity index (χ1n) is 12.3. The Labute approximate surface area is 221 Å². The van der Waals surface area contributed by atoms with Crippen molar-refractivity contribution in [3.05, 3.63) is 35.4 Å². The third-order valence-corrected chi connectivity index (χ3v) is 6.00. The summed E-state index contributed by atoms with van der Waals surface area (Å²) in [5.74, 6) is 2.60. The molecule has 0 radical (unpaired) electrons. The van der Waals surface area contributed by atoms with Crippen molar-refractivity contribution in [1.29, 1.82) is 0 Å². The molecule has 3 atom stereocenters. The molecule has 7 nitrogen and oxygen atoms in total. The number of ether oxygens (including phenoxy) is 1. The first-order chi connectivity index (χ1) is 16.6. The second-order valence-corrected chi connectivity index (χ2v) is 11.8. The average Bonchev–Trinajstić information content (AvgIpc) is 2.76. The maximum Gasteiger partial charge on any atom is 0.408 e. The van der Waals surface area contributed by atoms with Gasteiger partial charge in [0.25, 0.3) is 0 Å². The van der Waals surface area contributed by atoms with Crippen molar-refractivity contribution < 1.29 is 19.1 Å². The van der Waals surface area contributed by atoms with Gasteiger partial charge in [-0.1, -0.05) is 31.0 Å². The Hall–Kier alpha value is -2.66. The molecule has 0 bridgehead atoms. The maximum absolute atomic E-state index is 14.1. The topological polar surface area (TPSA) is 87.7 Å². The molecule has 0 saturated heterocycles. The molecule has 0 aliphatic heterocycles. The number of rotatable bonds is 10. The van der Waals surface area contributed by atoms with E-state index in [0.29, 0.717) is 29.7 Å². The van der Waals surface area contributed by atoms with Crippen molar-refractivity contribution in [2.24, 2.45) is 0 Å². The fourth-order valence-electron chi connectivity index (χ4n) is 3.64. The zero-order chi connectivity index (χ0) is 27.7. The van der Waals surface area contributed by atoms with Crippen LogP contribution in [0.3, 0.4) is 0 Å². The van der Waals surface area contributed by atoms with Crippen LogP contribution in [-0.2, 0) is 14.3 Å². The molecule has 1 rings (SSSR count). The highest BCUT2D eigenvalue weighted by atomic mass is 32.2. The Balaban J connectivity index is 3.63. The Bertz CT molecular complexity index is 943. The van der Waals surface area contributed by atoms with Crippen LogP contribution >= 0.6 is 11.8 Å². The fourth-order valence-corrected chi connectivity index (χ4v) is 4.11. The predicted octanol–water partition coefficient (Wildman–Crippen LogP) is 4.90. The summed E-state index contributed by atoms with van der Waals surface area (Å²) in [6.07, 6.45) is 8.04. The first kappa shape index (κ1) is 31.4. The molecular weight excluding hydrogens is 474 g/mol. The first-order valence-corrected chi connectivity index (χ1v) is 13.7. The average molecular weight is 518 g/mol. The third kappa shape index (κ3) is 9.77. The monoisotopic (exact) mass is 517 g/mol. The van der Waals surface area contributed by atoms with Gasteiger partial charge < -0.3 is 20.3 Å². The van der Waals surface area contributed by atoms with Gasteiger partial charge in [-0.15, -0.1) is 6.42 Å². The minimum atomic E-state index is -0.976. The van der Waals surface area contributed by atoms with Gasteiger partial charge in [-0.3, -0.25) is 9.59 Å². The van der Waals surface area contributed by atoms with Crippen molar-refractivity contribution in [2.75, 3.05) is 12.0 Å². The number of benzene rings is 1. The summed E-state index contributed by atoms with van der Waals surface area (Å²) in [5, 5.41) is 5.77. The Morgan fingerprint density at radius 3 is 2.25 bits per heavy atom. The fraction of sp³-hybridized carbons (Fsp3) is 0.607. The van der Waals surface area contributed by atoms with Crippen LogP contribution in [-0.4, -0.2) is 58.0 Å². The highest BCUT2D eigenvalue weighted by Crippen LogP contribution is 2.29. The number of amides is 3. The second kappa shape index (κ2) is 13.6. The van der Waals surface area contributed by atoms with Gasteiger partial charge in [0, 0.05) is 17.1 Å². The summed E-state index contributed by atoms with van der Waals surface area (Å²) >= 11 is 1.57. The number of carbonyl (C=O) groups is 3. The highest BCUT2D eigenvalue weighted by molar-refractivity contribution is 7.98. The van der Waals surface area contributed by atoms with Gasteiger partial charge in [-0.25, -0.2) is 4.79 Å². The number of hydrogen-bond acceptors (Lipinski definition) is 5. The molecule has 0 spiro atoms. The number of thioether (sulfide) groups is 1. The molecule has 36 heavy (non-hydrogen) atoms. The normalized spacial score (nSPS) is 14.1. The molecule has 0 heterocycles. The largest absolute Gasteiger partial charge is 0.444 e. The molecule has 8 heteroatoms. The minimum absolute atomic E-state index is 0.309. The van der Waals surface area contributed by atoms with E-state index < -0.39 is 29.3 Å². The smallest absolute Gasteiger partial charge is 0.408 e. The maximum atomic E-state index is 14.1. The van der Waals surface area contributed by atoms with Crippen molar-refractivity contribution in [3.63, 3.8) is 0 Å². The summed E-state index contributed by atoms with van der Waals surface area (Å²) in [6.45, 7) is 14.8. The molecule has 0 aromatic heterocycles. The van der Waals surface area contributed by atoms with E-state index in [-0.39, 0.29) is 17.9 Å². The van der Waals surface area contributed by atoms with Crippen LogP contribution in [0.4, 0.5) is 4.79 Å². The molecule has 0 aliphatic rings. The Morgan fingerprint density at radius 2 is 1.75 bits per heavy atom. The number of carbonyl (C=O) groups excluding carboxylic acids is 3. The van der Waals surface area contributed by atoms with E-state index in [1.54, 1.807) is 61.7 Å². The summed E-state index contributed by atoms with van der Waals surface area (Å²) in [4.78, 5) is 42.1. The lowest BCUT2D eigenvalue weighted by molar-refractivity contribution is -0.145. The third-order valence-electron chi connectivity index (χ3n) is 5.36. The zero-order valence-corrected chi connectivity index (χ0v) is 24.0. The van der Waals surface area contributed by atoms with Crippen LogP contribution < -0.4 is 10.6 Å².